The van der Waals surface area contributed by atoms with E-state index in [9.17, 15) is 14.4 Å². The summed E-state index contributed by atoms with van der Waals surface area (Å²) in [6, 6.07) is 22.4. The number of hydrogen-bond donors (Lipinski definition) is 3. The molecule has 0 aliphatic heterocycles. The monoisotopic (exact) mass is 592 g/mol. The van der Waals surface area contributed by atoms with Crippen molar-refractivity contribution < 1.29 is 33.8 Å². The summed E-state index contributed by atoms with van der Waals surface area (Å²) in [6.07, 6.45) is 3.79. The van der Waals surface area contributed by atoms with E-state index in [1.54, 1.807) is 56.1 Å². The molecule has 0 spiro atoms. The molecule has 3 rings (SSSR count). The number of ether oxygens (including phenoxy) is 3. The van der Waals surface area contributed by atoms with Crippen molar-refractivity contribution in [3.8, 4) is 17.2 Å². The third kappa shape index (κ3) is 13.4. The van der Waals surface area contributed by atoms with Crippen molar-refractivity contribution in [3.63, 3.8) is 0 Å². The van der Waals surface area contributed by atoms with Crippen LogP contribution in [-0.2, 0) is 16.0 Å². The highest BCUT2D eigenvalue weighted by molar-refractivity contribution is 5.99. The molecule has 3 N–H and O–H groups in total. The van der Waals surface area contributed by atoms with Crippen LogP contribution < -0.4 is 25.0 Å². The molecular formula is C34H44N2O7. The van der Waals surface area contributed by atoms with E-state index in [2.05, 4.69) is 31.3 Å². The average molecular weight is 593 g/mol. The zero-order valence-electron chi connectivity index (χ0n) is 25.6. The Balaban J connectivity index is 0.000000448. The molecule has 0 aliphatic carbocycles. The first-order valence-corrected chi connectivity index (χ1v) is 14.5. The third-order valence-electron chi connectivity index (χ3n) is 6.66. The van der Waals surface area contributed by atoms with Gasteiger partial charge in [-0.25, -0.2) is 5.48 Å². The van der Waals surface area contributed by atoms with Crippen LogP contribution in [0.3, 0.4) is 0 Å². The first-order chi connectivity index (χ1) is 20.8. The van der Waals surface area contributed by atoms with E-state index >= 15 is 0 Å². The minimum Gasteiger partial charge on any atom is -0.497 e. The first-order valence-electron chi connectivity index (χ1n) is 14.5. The maximum Gasteiger partial charge on any atom is 0.244 e. The van der Waals surface area contributed by atoms with Gasteiger partial charge < -0.3 is 19.5 Å². The van der Waals surface area contributed by atoms with E-state index < -0.39 is 17.7 Å². The largest absolute Gasteiger partial charge is 0.497 e. The van der Waals surface area contributed by atoms with Gasteiger partial charge in [-0.05, 0) is 62.4 Å². The van der Waals surface area contributed by atoms with Crippen LogP contribution in [0.15, 0.2) is 72.8 Å². The fourth-order valence-corrected chi connectivity index (χ4v) is 4.17. The normalized spacial score (nSPS) is 10.9. The number of hydroxylamine groups is 1. The molecule has 1 atom stereocenters. The molecule has 0 fully saturated rings. The number of nitrogens with one attached hydrogen (secondary N) is 2. The van der Waals surface area contributed by atoms with Gasteiger partial charge in [-0.3, -0.25) is 19.6 Å². The van der Waals surface area contributed by atoms with Crippen molar-refractivity contribution in [1.29, 1.82) is 0 Å². The highest BCUT2D eigenvalue weighted by atomic mass is 16.5. The molecule has 3 aromatic rings. The molecule has 0 bridgehead atoms. The summed E-state index contributed by atoms with van der Waals surface area (Å²) in [6.45, 7) is 4.92. The Morgan fingerprint density at radius 2 is 1.51 bits per heavy atom. The van der Waals surface area contributed by atoms with Gasteiger partial charge in [-0.2, -0.15) is 0 Å². The van der Waals surface area contributed by atoms with E-state index in [4.69, 9.17) is 19.4 Å². The van der Waals surface area contributed by atoms with Crippen molar-refractivity contribution in [1.82, 2.24) is 10.8 Å². The number of methoxy groups -OCH3 is 2. The second-order valence-corrected chi connectivity index (χ2v) is 10.1. The molecular weight excluding hydrogens is 548 g/mol. The van der Waals surface area contributed by atoms with Gasteiger partial charge in [0, 0.05) is 24.0 Å². The Bertz CT molecular complexity index is 1240. The van der Waals surface area contributed by atoms with Crippen molar-refractivity contribution in [2.24, 2.45) is 5.92 Å². The Labute approximate surface area is 254 Å². The van der Waals surface area contributed by atoms with E-state index in [1.165, 1.54) is 12.0 Å². The van der Waals surface area contributed by atoms with E-state index in [0.717, 1.165) is 24.3 Å². The second-order valence-electron chi connectivity index (χ2n) is 10.1. The summed E-state index contributed by atoms with van der Waals surface area (Å²) in [7, 11) is 3.15. The minimum atomic E-state index is -0.678. The molecule has 232 valence electrons. The third-order valence-corrected chi connectivity index (χ3v) is 6.66. The van der Waals surface area contributed by atoms with Gasteiger partial charge in [0.15, 0.2) is 5.78 Å². The molecule has 0 saturated heterocycles. The molecule has 9 nitrogen and oxygen atoms in total. The maximum atomic E-state index is 12.6. The molecule has 0 unspecified atom stereocenters. The summed E-state index contributed by atoms with van der Waals surface area (Å²) in [5, 5.41) is 11.4. The number of ketones is 1. The Morgan fingerprint density at radius 1 is 0.860 bits per heavy atom. The summed E-state index contributed by atoms with van der Waals surface area (Å²) in [5.41, 5.74) is 4.31. The van der Waals surface area contributed by atoms with Crippen molar-refractivity contribution >= 4 is 17.6 Å². The number of aryl methyl sites for hydroxylation is 2. The number of Topliss-reactive ketones (excluding diaryl/α,β-unsaturated/α-hetero) is 1. The standard InChI is InChI=1S/C23H28N2O6.C11H16O/c1-30-19-11-16(12-20(14-19)31-2)7-6-10-18(13-22(27)25-29)23(28)24-15-21(26)17-8-4-3-5-9-17;1-3-4-9-12-11-7-5-10(2)6-8-11/h3-5,8-9,11-12,14,18,29H,6-7,10,13,15H2,1-2H3,(H,24,28)(H,25,27);5-8H,3-4,9H2,1-2H3/t18-;/m1./s1. The fourth-order valence-electron chi connectivity index (χ4n) is 4.17. The zero-order chi connectivity index (χ0) is 31.5. The van der Waals surface area contributed by atoms with E-state index in [1.807, 2.05) is 24.3 Å². The molecule has 0 aromatic heterocycles. The van der Waals surface area contributed by atoms with Crippen LogP contribution in [-0.4, -0.2) is 50.2 Å². The number of hydrogen-bond acceptors (Lipinski definition) is 7. The molecule has 2 amide bonds. The van der Waals surface area contributed by atoms with Crippen LogP contribution in [0.25, 0.3) is 0 Å². The Kier molecular flexibility index (Phi) is 16.0. The lowest BCUT2D eigenvalue weighted by molar-refractivity contribution is -0.134. The fraction of sp³-hybridized carbons (Fsp3) is 0.382. The summed E-state index contributed by atoms with van der Waals surface area (Å²) in [4.78, 5) is 36.5. The molecule has 3 aromatic carbocycles. The van der Waals surface area contributed by atoms with Gasteiger partial charge in [0.05, 0.1) is 27.4 Å². The van der Waals surface area contributed by atoms with Gasteiger partial charge in [0.25, 0.3) is 0 Å². The van der Waals surface area contributed by atoms with Gasteiger partial charge in [0.2, 0.25) is 11.8 Å². The second kappa shape index (κ2) is 19.7. The number of rotatable bonds is 16. The van der Waals surface area contributed by atoms with Gasteiger partial charge in [-0.1, -0.05) is 61.4 Å². The van der Waals surface area contributed by atoms with Crippen LogP contribution >= 0.6 is 0 Å². The number of benzene rings is 3. The quantitative estimate of drug-likeness (QED) is 0.0843. The lowest BCUT2D eigenvalue weighted by atomic mass is 9.95. The Hall–Kier alpha value is -4.37. The molecule has 0 aliphatic rings. The van der Waals surface area contributed by atoms with Crippen molar-refractivity contribution in [2.45, 2.75) is 52.4 Å². The smallest absolute Gasteiger partial charge is 0.244 e. The van der Waals surface area contributed by atoms with E-state index in [-0.39, 0.29) is 18.7 Å². The zero-order valence-corrected chi connectivity index (χ0v) is 25.6. The minimum absolute atomic E-state index is 0.160. The number of carbonyl (C=O) groups excluding carboxylic acids is 3. The number of unbranched alkanes of at least 4 members (excludes halogenated alkanes) is 1. The Morgan fingerprint density at radius 3 is 2.09 bits per heavy atom. The summed E-state index contributed by atoms with van der Waals surface area (Å²) >= 11 is 0. The highest BCUT2D eigenvalue weighted by Gasteiger charge is 2.22. The molecule has 9 heteroatoms. The topological polar surface area (TPSA) is 123 Å². The van der Waals surface area contributed by atoms with Crippen molar-refractivity contribution in [2.75, 3.05) is 27.4 Å². The number of carbonyl (C=O) groups is 3. The molecule has 0 heterocycles. The van der Waals surface area contributed by atoms with Crippen LogP contribution in [0, 0.1) is 12.8 Å². The summed E-state index contributed by atoms with van der Waals surface area (Å²) in [5.74, 6) is 0.360. The van der Waals surface area contributed by atoms with Gasteiger partial charge >= 0.3 is 0 Å². The van der Waals surface area contributed by atoms with Crippen LogP contribution in [0.5, 0.6) is 17.2 Å². The molecule has 43 heavy (non-hydrogen) atoms. The van der Waals surface area contributed by atoms with Gasteiger partial charge in [-0.15, -0.1) is 0 Å². The number of amides is 2. The lowest BCUT2D eigenvalue weighted by Crippen LogP contribution is -2.37. The first kappa shape index (κ1) is 34.8. The van der Waals surface area contributed by atoms with Crippen LogP contribution in [0.1, 0.15) is 60.5 Å². The predicted octanol–water partition coefficient (Wildman–Crippen LogP) is 5.71. The molecule has 0 saturated carbocycles. The SMILES string of the molecule is CCCCOc1ccc(C)cc1.COc1cc(CCC[C@H](CC(=O)NO)C(=O)NCC(=O)c2ccccc2)cc(OC)c1. The van der Waals surface area contributed by atoms with Crippen LogP contribution in [0.4, 0.5) is 0 Å². The summed E-state index contributed by atoms with van der Waals surface area (Å²) < 4.78 is 16.0. The lowest BCUT2D eigenvalue weighted by Gasteiger charge is -2.16. The highest BCUT2D eigenvalue weighted by Crippen LogP contribution is 2.24. The van der Waals surface area contributed by atoms with E-state index in [0.29, 0.717) is 36.3 Å². The predicted molar refractivity (Wildman–Crippen MR) is 166 cm³/mol. The molecule has 0 radical (unpaired) electrons. The van der Waals surface area contributed by atoms with Gasteiger partial charge in [0.1, 0.15) is 17.2 Å². The average Bonchev–Trinajstić information content (AvgIpc) is 3.04. The van der Waals surface area contributed by atoms with Crippen molar-refractivity contribution in [3.05, 3.63) is 89.5 Å². The maximum absolute atomic E-state index is 12.6. The van der Waals surface area contributed by atoms with Crippen LogP contribution in [0.2, 0.25) is 0 Å².